The number of pyridine rings is 3. The lowest BCUT2D eigenvalue weighted by Crippen LogP contribution is -2.30. The molecule has 0 radical (unpaired) electrons. The van der Waals surface area contributed by atoms with E-state index in [0.29, 0.717) is 11.7 Å². The second-order valence-electron chi connectivity index (χ2n) is 7.12. The van der Waals surface area contributed by atoms with Crippen molar-refractivity contribution in [1.82, 2.24) is 29.7 Å². The minimum absolute atomic E-state index is 0.0317. The summed E-state index contributed by atoms with van der Waals surface area (Å²) in [7, 11) is 0. The predicted molar refractivity (Wildman–Crippen MR) is 119 cm³/mol. The zero-order chi connectivity index (χ0) is 20.3. The summed E-state index contributed by atoms with van der Waals surface area (Å²) in [5.74, 6) is 0. The molecule has 4 aromatic heterocycles. The fourth-order valence-electron chi connectivity index (χ4n) is 3.96. The minimum atomic E-state index is -0.0640. The van der Waals surface area contributed by atoms with Crippen LogP contribution in [0, 0.1) is 0 Å². The van der Waals surface area contributed by atoms with E-state index in [2.05, 4.69) is 54.1 Å². The molecular formula is C23H20N6S. The maximum absolute atomic E-state index is 5.78. The third-order valence-corrected chi connectivity index (χ3v) is 5.65. The molecular weight excluding hydrogens is 392 g/mol. The van der Waals surface area contributed by atoms with Crippen LogP contribution in [0.2, 0.25) is 0 Å². The highest BCUT2D eigenvalue weighted by Crippen LogP contribution is 2.40. The van der Waals surface area contributed by atoms with Crippen LogP contribution in [-0.4, -0.2) is 29.5 Å². The van der Waals surface area contributed by atoms with E-state index in [1.54, 1.807) is 18.6 Å². The molecule has 0 bridgehead atoms. The van der Waals surface area contributed by atoms with E-state index < -0.39 is 0 Å². The zero-order valence-electron chi connectivity index (χ0n) is 16.2. The molecule has 1 aliphatic rings. The summed E-state index contributed by atoms with van der Waals surface area (Å²) in [6.07, 6.45) is 11.2. The third kappa shape index (κ3) is 3.44. The van der Waals surface area contributed by atoms with Crippen LogP contribution in [0.5, 0.6) is 0 Å². The molecule has 1 N–H and O–H groups in total. The van der Waals surface area contributed by atoms with Gasteiger partial charge in [-0.3, -0.25) is 15.0 Å². The molecule has 1 fully saturated rings. The Kier molecular flexibility index (Phi) is 4.94. The van der Waals surface area contributed by atoms with E-state index in [1.165, 1.54) is 0 Å². The molecule has 0 unspecified atom stereocenters. The van der Waals surface area contributed by atoms with Gasteiger partial charge in [0.1, 0.15) is 0 Å². The van der Waals surface area contributed by atoms with E-state index in [0.717, 1.165) is 22.6 Å². The first-order valence-corrected chi connectivity index (χ1v) is 10.2. The summed E-state index contributed by atoms with van der Waals surface area (Å²) in [6, 6.07) is 18.1. The van der Waals surface area contributed by atoms with Gasteiger partial charge in [0.25, 0.3) is 0 Å². The molecule has 4 aromatic rings. The highest BCUT2D eigenvalue weighted by molar-refractivity contribution is 7.80. The van der Waals surface area contributed by atoms with Crippen LogP contribution < -0.4 is 5.32 Å². The van der Waals surface area contributed by atoms with E-state index in [9.17, 15) is 0 Å². The molecule has 0 amide bonds. The normalized spacial score (nSPS) is 18.4. The number of hydrogen-bond acceptors (Lipinski definition) is 4. The third-order valence-electron chi connectivity index (χ3n) is 5.30. The Balaban J connectivity index is 1.60. The van der Waals surface area contributed by atoms with Crippen molar-refractivity contribution in [1.29, 1.82) is 0 Å². The van der Waals surface area contributed by atoms with Gasteiger partial charge in [0.2, 0.25) is 0 Å². The first-order chi connectivity index (χ1) is 14.8. The number of nitrogens with zero attached hydrogens (tertiary/aromatic N) is 5. The highest BCUT2D eigenvalue weighted by Gasteiger charge is 2.41. The van der Waals surface area contributed by atoms with Gasteiger partial charge in [-0.2, -0.15) is 0 Å². The van der Waals surface area contributed by atoms with Crippen molar-refractivity contribution < 1.29 is 0 Å². The molecule has 0 saturated carbocycles. The van der Waals surface area contributed by atoms with Crippen molar-refractivity contribution in [2.24, 2.45) is 0 Å². The summed E-state index contributed by atoms with van der Waals surface area (Å²) in [6.45, 7) is 0.662. The summed E-state index contributed by atoms with van der Waals surface area (Å²) in [4.78, 5) is 15.3. The summed E-state index contributed by atoms with van der Waals surface area (Å²) < 4.78 is 2.19. The van der Waals surface area contributed by atoms with Gasteiger partial charge in [0.05, 0.1) is 17.8 Å². The largest absolute Gasteiger partial charge is 0.352 e. The maximum Gasteiger partial charge on any atom is 0.170 e. The highest BCUT2D eigenvalue weighted by atomic mass is 32.1. The second kappa shape index (κ2) is 8.04. The Morgan fingerprint density at radius 3 is 2.57 bits per heavy atom. The Labute approximate surface area is 180 Å². The van der Waals surface area contributed by atoms with Crippen molar-refractivity contribution in [3.05, 3.63) is 109 Å². The lowest BCUT2D eigenvalue weighted by atomic mass is 10.0. The Morgan fingerprint density at radius 2 is 1.80 bits per heavy atom. The monoisotopic (exact) mass is 412 g/mol. The number of nitrogens with one attached hydrogen (secondary N) is 1. The molecule has 7 heteroatoms. The van der Waals surface area contributed by atoms with Gasteiger partial charge in [-0.1, -0.05) is 12.1 Å². The number of aromatic nitrogens is 4. The van der Waals surface area contributed by atoms with E-state index >= 15 is 0 Å². The quantitative estimate of drug-likeness (QED) is 0.503. The van der Waals surface area contributed by atoms with Crippen LogP contribution in [0.25, 0.3) is 5.69 Å². The molecule has 5 rings (SSSR count). The minimum Gasteiger partial charge on any atom is -0.352 e. The smallest absolute Gasteiger partial charge is 0.170 e. The summed E-state index contributed by atoms with van der Waals surface area (Å²) in [5, 5.41) is 4.22. The topological polar surface area (TPSA) is 58.9 Å². The van der Waals surface area contributed by atoms with E-state index in [-0.39, 0.29) is 12.1 Å². The van der Waals surface area contributed by atoms with E-state index in [4.69, 9.17) is 12.2 Å². The van der Waals surface area contributed by atoms with Crippen LogP contribution in [0.1, 0.15) is 29.0 Å². The van der Waals surface area contributed by atoms with E-state index in [1.807, 2.05) is 48.8 Å². The first-order valence-electron chi connectivity index (χ1n) is 9.76. The van der Waals surface area contributed by atoms with Crippen LogP contribution in [0.3, 0.4) is 0 Å². The number of rotatable bonds is 5. The van der Waals surface area contributed by atoms with Gasteiger partial charge in [0.15, 0.2) is 5.11 Å². The van der Waals surface area contributed by atoms with Gasteiger partial charge in [0, 0.05) is 55.1 Å². The lowest BCUT2D eigenvalue weighted by Gasteiger charge is -2.29. The van der Waals surface area contributed by atoms with Crippen molar-refractivity contribution in [2.75, 3.05) is 0 Å². The average molecular weight is 413 g/mol. The molecule has 0 aromatic carbocycles. The molecule has 0 spiro atoms. The number of hydrogen-bond donors (Lipinski definition) is 1. The predicted octanol–water partition coefficient (Wildman–Crippen LogP) is 3.84. The van der Waals surface area contributed by atoms with Crippen molar-refractivity contribution >= 4 is 17.3 Å². The maximum atomic E-state index is 5.78. The SMILES string of the molecule is S=C1N[C@@H](c2ccccn2)[C@@H](c2cccn2-c2ccncc2)N1Cc1cccnc1. The van der Waals surface area contributed by atoms with Crippen molar-refractivity contribution in [3.8, 4) is 5.69 Å². The lowest BCUT2D eigenvalue weighted by molar-refractivity contribution is 0.302. The molecule has 5 heterocycles. The molecule has 1 saturated heterocycles. The molecule has 2 atom stereocenters. The van der Waals surface area contributed by atoms with Crippen molar-refractivity contribution in [3.63, 3.8) is 0 Å². The van der Waals surface area contributed by atoms with Gasteiger partial charge in [-0.05, 0) is 60.2 Å². The van der Waals surface area contributed by atoms with Gasteiger partial charge in [-0.25, -0.2) is 0 Å². The fraction of sp³-hybridized carbons (Fsp3) is 0.130. The van der Waals surface area contributed by atoms with Crippen LogP contribution >= 0.6 is 12.2 Å². The number of thiocarbonyl (C=S) groups is 1. The molecule has 0 aliphatic carbocycles. The Morgan fingerprint density at radius 1 is 0.900 bits per heavy atom. The Bertz CT molecular complexity index is 1130. The fourth-order valence-corrected chi connectivity index (χ4v) is 4.27. The molecule has 6 nitrogen and oxygen atoms in total. The molecule has 30 heavy (non-hydrogen) atoms. The summed E-state index contributed by atoms with van der Waals surface area (Å²) >= 11 is 5.78. The standard InChI is InChI=1S/C23H20N6S/c30-23-27-21(19-6-1-2-11-26-19)22(29(23)16-17-5-3-10-25-15-17)20-7-4-14-28(20)18-8-12-24-13-9-18/h1-15,21-22H,16H2,(H,27,30)/t21-,22+/m0/s1. The second-order valence-corrected chi connectivity index (χ2v) is 7.51. The average Bonchev–Trinajstić information content (AvgIpc) is 3.40. The first kappa shape index (κ1) is 18.4. The van der Waals surface area contributed by atoms with Gasteiger partial charge in [-0.15, -0.1) is 0 Å². The molecule has 148 valence electrons. The Hall–Kier alpha value is -3.58. The van der Waals surface area contributed by atoms with Crippen molar-refractivity contribution in [2.45, 2.75) is 18.6 Å². The van der Waals surface area contributed by atoms with Crippen LogP contribution in [0.15, 0.2) is 91.8 Å². The zero-order valence-corrected chi connectivity index (χ0v) is 17.0. The van der Waals surface area contributed by atoms with Crippen LogP contribution in [0.4, 0.5) is 0 Å². The van der Waals surface area contributed by atoms with Gasteiger partial charge >= 0.3 is 0 Å². The summed E-state index contributed by atoms with van der Waals surface area (Å²) in [5.41, 5.74) is 4.26. The van der Waals surface area contributed by atoms with Gasteiger partial charge < -0.3 is 14.8 Å². The van der Waals surface area contributed by atoms with Crippen LogP contribution in [-0.2, 0) is 6.54 Å². The molecule has 1 aliphatic heterocycles.